The number of carbonyl (C=O) groups excluding carboxylic acids is 1. The maximum atomic E-state index is 11.5. The lowest BCUT2D eigenvalue weighted by molar-refractivity contribution is -0.121. The second-order valence-corrected chi connectivity index (χ2v) is 6.24. The third-order valence-corrected chi connectivity index (χ3v) is 2.86. The highest BCUT2D eigenvalue weighted by molar-refractivity contribution is 5.77. The lowest BCUT2D eigenvalue weighted by atomic mass is 10.1. The van der Waals surface area contributed by atoms with Gasteiger partial charge in [-0.05, 0) is 32.6 Å². The standard InChI is InChI=1S/C12H24N2O/c1-11(2,3)13-7-6-10(15)14-9-8-12(9,4)5/h9,13H,6-8H2,1-5H3,(H,14,15). The van der Waals surface area contributed by atoms with Crippen LogP contribution in [0.15, 0.2) is 0 Å². The summed E-state index contributed by atoms with van der Waals surface area (Å²) in [7, 11) is 0. The fraction of sp³-hybridized carbons (Fsp3) is 0.917. The molecule has 1 unspecified atom stereocenters. The minimum absolute atomic E-state index is 0.0964. The van der Waals surface area contributed by atoms with Gasteiger partial charge >= 0.3 is 0 Å². The van der Waals surface area contributed by atoms with Gasteiger partial charge in [0.25, 0.3) is 0 Å². The Morgan fingerprint density at radius 2 is 1.93 bits per heavy atom. The molecule has 3 heteroatoms. The van der Waals surface area contributed by atoms with Gasteiger partial charge in [-0.3, -0.25) is 4.79 Å². The van der Waals surface area contributed by atoms with Gasteiger partial charge in [0.15, 0.2) is 0 Å². The third-order valence-electron chi connectivity index (χ3n) is 2.86. The van der Waals surface area contributed by atoms with E-state index in [1.807, 2.05) is 0 Å². The van der Waals surface area contributed by atoms with E-state index in [-0.39, 0.29) is 11.4 Å². The molecule has 0 aromatic heterocycles. The molecule has 0 aromatic rings. The molecule has 15 heavy (non-hydrogen) atoms. The van der Waals surface area contributed by atoms with Crippen molar-refractivity contribution in [3.05, 3.63) is 0 Å². The Morgan fingerprint density at radius 1 is 1.40 bits per heavy atom. The molecule has 1 amide bonds. The van der Waals surface area contributed by atoms with Crippen LogP contribution in [0.1, 0.15) is 47.5 Å². The summed E-state index contributed by atoms with van der Waals surface area (Å²) in [5, 5.41) is 6.36. The molecule has 0 bridgehead atoms. The van der Waals surface area contributed by atoms with E-state index >= 15 is 0 Å². The first kappa shape index (κ1) is 12.5. The van der Waals surface area contributed by atoms with Crippen molar-refractivity contribution in [1.29, 1.82) is 0 Å². The highest BCUT2D eigenvalue weighted by Crippen LogP contribution is 2.44. The van der Waals surface area contributed by atoms with Crippen LogP contribution < -0.4 is 10.6 Å². The summed E-state index contributed by atoms with van der Waals surface area (Å²) < 4.78 is 0. The van der Waals surface area contributed by atoms with Crippen molar-refractivity contribution < 1.29 is 4.79 Å². The summed E-state index contributed by atoms with van der Waals surface area (Å²) in [5.41, 5.74) is 0.423. The quantitative estimate of drug-likeness (QED) is 0.744. The number of rotatable bonds is 4. The number of hydrogen-bond donors (Lipinski definition) is 2. The zero-order valence-corrected chi connectivity index (χ0v) is 10.6. The van der Waals surface area contributed by atoms with Crippen molar-refractivity contribution in [3.63, 3.8) is 0 Å². The topological polar surface area (TPSA) is 41.1 Å². The fourth-order valence-electron chi connectivity index (χ4n) is 1.53. The molecule has 2 N–H and O–H groups in total. The summed E-state index contributed by atoms with van der Waals surface area (Å²) in [6, 6.07) is 0.402. The molecule has 3 nitrogen and oxygen atoms in total. The molecule has 0 aromatic carbocycles. The molecular weight excluding hydrogens is 188 g/mol. The van der Waals surface area contributed by atoms with Gasteiger partial charge in [0.2, 0.25) is 5.91 Å². The summed E-state index contributed by atoms with van der Waals surface area (Å²) in [5.74, 6) is 0.169. The highest BCUT2D eigenvalue weighted by Gasteiger charge is 2.46. The Hall–Kier alpha value is -0.570. The Morgan fingerprint density at radius 3 is 2.33 bits per heavy atom. The van der Waals surface area contributed by atoms with E-state index in [4.69, 9.17) is 0 Å². The molecule has 1 rings (SSSR count). The largest absolute Gasteiger partial charge is 0.353 e. The molecule has 1 aliphatic carbocycles. The minimum atomic E-state index is 0.0964. The van der Waals surface area contributed by atoms with E-state index in [1.165, 1.54) is 0 Å². The fourth-order valence-corrected chi connectivity index (χ4v) is 1.53. The van der Waals surface area contributed by atoms with Crippen LogP contribution in [0.5, 0.6) is 0 Å². The molecule has 0 saturated heterocycles. The molecule has 1 saturated carbocycles. The van der Waals surface area contributed by atoms with Gasteiger partial charge in [-0.25, -0.2) is 0 Å². The second-order valence-electron chi connectivity index (χ2n) is 6.24. The summed E-state index contributed by atoms with van der Waals surface area (Å²) in [6.45, 7) is 11.4. The van der Waals surface area contributed by atoms with E-state index in [9.17, 15) is 4.79 Å². The number of amides is 1. The van der Waals surface area contributed by atoms with Crippen molar-refractivity contribution in [1.82, 2.24) is 10.6 Å². The number of hydrogen-bond acceptors (Lipinski definition) is 2. The number of carbonyl (C=O) groups is 1. The predicted octanol–water partition coefficient (Wildman–Crippen LogP) is 1.68. The van der Waals surface area contributed by atoms with Crippen molar-refractivity contribution in [2.75, 3.05) is 6.54 Å². The Kier molecular flexibility index (Phi) is 3.44. The van der Waals surface area contributed by atoms with Crippen LogP contribution in [0.2, 0.25) is 0 Å². The normalized spacial score (nSPS) is 23.7. The Labute approximate surface area is 93.0 Å². The molecule has 0 radical (unpaired) electrons. The average molecular weight is 212 g/mol. The van der Waals surface area contributed by atoms with Crippen LogP contribution in [-0.2, 0) is 4.79 Å². The maximum absolute atomic E-state index is 11.5. The van der Waals surface area contributed by atoms with Crippen LogP contribution in [0.25, 0.3) is 0 Å². The highest BCUT2D eigenvalue weighted by atomic mass is 16.1. The van der Waals surface area contributed by atoms with Crippen molar-refractivity contribution in [3.8, 4) is 0 Å². The SMILES string of the molecule is CC(C)(C)NCCC(=O)NC1CC1(C)C. The summed E-state index contributed by atoms with van der Waals surface area (Å²) in [6.07, 6.45) is 1.69. The van der Waals surface area contributed by atoms with Gasteiger partial charge in [-0.1, -0.05) is 13.8 Å². The monoisotopic (exact) mass is 212 g/mol. The molecule has 1 atom stereocenters. The van der Waals surface area contributed by atoms with Crippen molar-refractivity contribution in [2.45, 2.75) is 59.0 Å². The van der Waals surface area contributed by atoms with Crippen LogP contribution in [0.4, 0.5) is 0 Å². The molecule has 0 spiro atoms. The third kappa shape index (κ3) is 4.65. The zero-order chi connectivity index (χ0) is 11.7. The zero-order valence-electron chi connectivity index (χ0n) is 10.6. The average Bonchev–Trinajstić information content (AvgIpc) is 2.55. The van der Waals surface area contributed by atoms with E-state index in [0.717, 1.165) is 13.0 Å². The van der Waals surface area contributed by atoms with Crippen molar-refractivity contribution in [2.24, 2.45) is 5.41 Å². The molecular formula is C12H24N2O. The van der Waals surface area contributed by atoms with Crippen molar-refractivity contribution >= 4 is 5.91 Å². The van der Waals surface area contributed by atoms with Gasteiger partial charge in [0.05, 0.1) is 0 Å². The van der Waals surface area contributed by atoms with Gasteiger partial charge in [0, 0.05) is 24.5 Å². The Balaban J connectivity index is 2.10. The van der Waals surface area contributed by atoms with Crippen LogP contribution in [0.3, 0.4) is 0 Å². The first-order chi connectivity index (χ1) is 6.71. The van der Waals surface area contributed by atoms with Gasteiger partial charge in [-0.15, -0.1) is 0 Å². The second kappa shape index (κ2) is 4.12. The van der Waals surface area contributed by atoms with Crippen LogP contribution in [0, 0.1) is 5.41 Å². The predicted molar refractivity (Wildman–Crippen MR) is 62.7 cm³/mol. The van der Waals surface area contributed by atoms with Crippen LogP contribution >= 0.6 is 0 Å². The lowest BCUT2D eigenvalue weighted by Crippen LogP contribution is -2.39. The first-order valence-electron chi connectivity index (χ1n) is 5.75. The molecule has 1 aliphatic rings. The Bertz CT molecular complexity index is 240. The van der Waals surface area contributed by atoms with Gasteiger partial charge in [-0.2, -0.15) is 0 Å². The van der Waals surface area contributed by atoms with Crippen LogP contribution in [-0.4, -0.2) is 24.0 Å². The van der Waals surface area contributed by atoms with Gasteiger partial charge < -0.3 is 10.6 Å². The van der Waals surface area contributed by atoms with E-state index < -0.39 is 0 Å². The van der Waals surface area contributed by atoms with E-state index in [0.29, 0.717) is 17.9 Å². The van der Waals surface area contributed by atoms with Gasteiger partial charge in [0.1, 0.15) is 0 Å². The maximum Gasteiger partial charge on any atom is 0.221 e. The van der Waals surface area contributed by atoms with E-state index in [1.54, 1.807) is 0 Å². The minimum Gasteiger partial charge on any atom is -0.353 e. The molecule has 0 aliphatic heterocycles. The molecule has 0 heterocycles. The smallest absolute Gasteiger partial charge is 0.221 e. The summed E-state index contributed by atoms with van der Waals surface area (Å²) >= 11 is 0. The molecule has 1 fully saturated rings. The molecule has 88 valence electrons. The number of nitrogens with one attached hydrogen (secondary N) is 2. The summed E-state index contributed by atoms with van der Waals surface area (Å²) in [4.78, 5) is 11.5. The lowest BCUT2D eigenvalue weighted by Gasteiger charge is -2.20. The first-order valence-corrected chi connectivity index (χ1v) is 5.75. The van der Waals surface area contributed by atoms with E-state index in [2.05, 4.69) is 45.3 Å².